The van der Waals surface area contributed by atoms with Gasteiger partial charge in [0.15, 0.2) is 5.69 Å². The number of piperidine rings is 1. The molecule has 0 aliphatic carbocycles. The van der Waals surface area contributed by atoms with Crippen LogP contribution in [0.5, 0.6) is 0 Å². The second kappa shape index (κ2) is 6.10. The van der Waals surface area contributed by atoms with Gasteiger partial charge in [-0.2, -0.15) is 5.10 Å². The van der Waals surface area contributed by atoms with Crippen molar-refractivity contribution in [2.45, 2.75) is 25.8 Å². The molecule has 110 valence electrons. The summed E-state index contributed by atoms with van der Waals surface area (Å²) in [6, 6.07) is 11.9. The maximum atomic E-state index is 12.3. The predicted molar refractivity (Wildman–Crippen MR) is 81.7 cm³/mol. The third-order valence-corrected chi connectivity index (χ3v) is 3.75. The van der Waals surface area contributed by atoms with Crippen LogP contribution in [0.1, 0.15) is 29.0 Å². The van der Waals surface area contributed by atoms with Gasteiger partial charge >= 0.3 is 0 Å². The fourth-order valence-corrected chi connectivity index (χ4v) is 2.65. The first-order valence-corrected chi connectivity index (χ1v) is 7.38. The van der Waals surface area contributed by atoms with E-state index in [0.29, 0.717) is 5.69 Å². The third kappa shape index (κ3) is 3.13. The van der Waals surface area contributed by atoms with Crippen LogP contribution >= 0.6 is 0 Å². The van der Waals surface area contributed by atoms with E-state index in [2.05, 4.69) is 15.7 Å². The Bertz CT molecular complexity index is 614. The monoisotopic (exact) mass is 284 g/mol. The van der Waals surface area contributed by atoms with Crippen molar-refractivity contribution in [1.29, 1.82) is 0 Å². The van der Waals surface area contributed by atoms with Gasteiger partial charge in [0.25, 0.3) is 5.91 Å². The van der Waals surface area contributed by atoms with Gasteiger partial charge in [0.05, 0.1) is 5.69 Å². The molecule has 21 heavy (non-hydrogen) atoms. The van der Waals surface area contributed by atoms with E-state index in [1.54, 1.807) is 4.68 Å². The summed E-state index contributed by atoms with van der Waals surface area (Å²) in [4.78, 5) is 12.3. The molecular weight excluding hydrogens is 264 g/mol. The normalized spacial score (nSPS) is 18.4. The van der Waals surface area contributed by atoms with Gasteiger partial charge in [-0.05, 0) is 44.5 Å². The van der Waals surface area contributed by atoms with E-state index in [9.17, 15) is 4.79 Å². The smallest absolute Gasteiger partial charge is 0.272 e. The number of carbonyl (C=O) groups is 1. The number of aromatic nitrogens is 2. The SMILES string of the molecule is Cc1cc(C(=O)NC2CCCNC2)nn1-c1ccccc1. The van der Waals surface area contributed by atoms with Crippen LogP contribution in [0.4, 0.5) is 0 Å². The van der Waals surface area contributed by atoms with Gasteiger partial charge in [0.1, 0.15) is 0 Å². The third-order valence-electron chi connectivity index (χ3n) is 3.75. The van der Waals surface area contributed by atoms with Crippen molar-refractivity contribution in [1.82, 2.24) is 20.4 Å². The van der Waals surface area contributed by atoms with Crippen LogP contribution in [-0.2, 0) is 0 Å². The largest absolute Gasteiger partial charge is 0.347 e. The Hall–Kier alpha value is -2.14. The molecule has 1 aromatic carbocycles. The summed E-state index contributed by atoms with van der Waals surface area (Å²) in [6.45, 7) is 3.83. The van der Waals surface area contributed by atoms with E-state index < -0.39 is 0 Å². The molecule has 5 nitrogen and oxygen atoms in total. The van der Waals surface area contributed by atoms with Gasteiger partial charge in [0.2, 0.25) is 0 Å². The standard InChI is InChI=1S/C16H20N4O/c1-12-10-15(16(21)18-13-6-5-9-17-11-13)19-20(12)14-7-3-2-4-8-14/h2-4,7-8,10,13,17H,5-6,9,11H2,1H3,(H,18,21). The number of hydrogen-bond acceptors (Lipinski definition) is 3. The predicted octanol–water partition coefficient (Wildman–Crippen LogP) is 1.66. The fraction of sp³-hybridized carbons (Fsp3) is 0.375. The Balaban J connectivity index is 1.75. The van der Waals surface area contributed by atoms with Crippen LogP contribution in [0.2, 0.25) is 0 Å². The molecule has 0 saturated carbocycles. The number of carbonyl (C=O) groups excluding carboxylic acids is 1. The van der Waals surface area contributed by atoms with Crippen molar-refractivity contribution < 1.29 is 4.79 Å². The minimum absolute atomic E-state index is 0.0959. The van der Waals surface area contributed by atoms with E-state index in [0.717, 1.165) is 37.3 Å². The van der Waals surface area contributed by atoms with Gasteiger partial charge in [-0.3, -0.25) is 4.79 Å². The Morgan fingerprint density at radius 3 is 2.90 bits per heavy atom. The van der Waals surface area contributed by atoms with Crippen molar-refractivity contribution in [2.75, 3.05) is 13.1 Å². The zero-order valence-electron chi connectivity index (χ0n) is 12.2. The number of benzene rings is 1. The van der Waals surface area contributed by atoms with Gasteiger partial charge in [-0.15, -0.1) is 0 Å². The van der Waals surface area contributed by atoms with Crippen LogP contribution in [-0.4, -0.2) is 34.8 Å². The van der Waals surface area contributed by atoms with Gasteiger partial charge in [-0.1, -0.05) is 18.2 Å². The molecule has 1 aliphatic heterocycles. The molecule has 3 rings (SSSR count). The minimum atomic E-state index is -0.0959. The maximum absolute atomic E-state index is 12.3. The molecule has 0 spiro atoms. The van der Waals surface area contributed by atoms with Crippen molar-refractivity contribution in [3.63, 3.8) is 0 Å². The highest BCUT2D eigenvalue weighted by Gasteiger charge is 2.19. The first-order chi connectivity index (χ1) is 10.2. The minimum Gasteiger partial charge on any atom is -0.347 e. The summed E-state index contributed by atoms with van der Waals surface area (Å²) in [5, 5.41) is 10.8. The second-order valence-corrected chi connectivity index (χ2v) is 5.44. The summed E-state index contributed by atoms with van der Waals surface area (Å²) in [5.74, 6) is -0.0959. The molecule has 5 heteroatoms. The molecule has 2 N–H and O–H groups in total. The quantitative estimate of drug-likeness (QED) is 0.901. The van der Waals surface area contributed by atoms with E-state index in [1.807, 2.05) is 43.3 Å². The Morgan fingerprint density at radius 2 is 2.19 bits per heavy atom. The number of para-hydroxylation sites is 1. The van der Waals surface area contributed by atoms with Crippen molar-refractivity contribution in [3.8, 4) is 5.69 Å². The summed E-state index contributed by atoms with van der Waals surface area (Å²) in [6.07, 6.45) is 2.12. The van der Waals surface area contributed by atoms with E-state index >= 15 is 0 Å². The molecule has 1 aliphatic rings. The summed E-state index contributed by atoms with van der Waals surface area (Å²) in [5.41, 5.74) is 2.39. The lowest BCUT2D eigenvalue weighted by Crippen LogP contribution is -2.45. The molecule has 1 atom stereocenters. The van der Waals surface area contributed by atoms with Crippen LogP contribution in [0.15, 0.2) is 36.4 Å². The lowest BCUT2D eigenvalue weighted by molar-refractivity contribution is 0.0925. The molecule has 1 fully saturated rings. The van der Waals surface area contributed by atoms with Crippen LogP contribution < -0.4 is 10.6 Å². The molecule has 2 heterocycles. The van der Waals surface area contributed by atoms with Crippen LogP contribution in [0.25, 0.3) is 5.69 Å². The Kier molecular flexibility index (Phi) is 4.01. The van der Waals surface area contributed by atoms with E-state index in [4.69, 9.17) is 0 Å². The molecule has 0 radical (unpaired) electrons. The first kappa shape index (κ1) is 13.8. The summed E-state index contributed by atoms with van der Waals surface area (Å²) in [7, 11) is 0. The zero-order valence-corrected chi connectivity index (χ0v) is 12.2. The lowest BCUT2D eigenvalue weighted by Gasteiger charge is -2.23. The van der Waals surface area contributed by atoms with Crippen LogP contribution in [0.3, 0.4) is 0 Å². The van der Waals surface area contributed by atoms with Gasteiger partial charge in [0, 0.05) is 18.3 Å². The molecule has 1 amide bonds. The fourth-order valence-electron chi connectivity index (χ4n) is 2.65. The van der Waals surface area contributed by atoms with Crippen LogP contribution in [0, 0.1) is 6.92 Å². The van der Waals surface area contributed by atoms with E-state index in [-0.39, 0.29) is 11.9 Å². The Morgan fingerprint density at radius 1 is 1.38 bits per heavy atom. The van der Waals surface area contributed by atoms with Gasteiger partial charge < -0.3 is 10.6 Å². The average molecular weight is 284 g/mol. The van der Waals surface area contributed by atoms with Crippen molar-refractivity contribution >= 4 is 5.91 Å². The number of aryl methyl sites for hydroxylation is 1. The molecule has 1 aromatic heterocycles. The molecule has 1 unspecified atom stereocenters. The van der Waals surface area contributed by atoms with E-state index in [1.165, 1.54) is 0 Å². The topological polar surface area (TPSA) is 59.0 Å². The number of hydrogen-bond donors (Lipinski definition) is 2. The zero-order chi connectivity index (χ0) is 14.7. The summed E-state index contributed by atoms with van der Waals surface area (Å²) >= 11 is 0. The second-order valence-electron chi connectivity index (χ2n) is 5.44. The Labute approximate surface area is 124 Å². The molecule has 1 saturated heterocycles. The molecule has 2 aromatic rings. The average Bonchev–Trinajstić information content (AvgIpc) is 2.91. The lowest BCUT2D eigenvalue weighted by atomic mass is 10.1. The number of amides is 1. The molecular formula is C16H20N4O. The number of nitrogens with one attached hydrogen (secondary N) is 2. The first-order valence-electron chi connectivity index (χ1n) is 7.38. The van der Waals surface area contributed by atoms with Gasteiger partial charge in [-0.25, -0.2) is 4.68 Å². The molecule has 0 bridgehead atoms. The summed E-state index contributed by atoms with van der Waals surface area (Å²) < 4.78 is 1.80. The van der Waals surface area contributed by atoms with Crippen molar-refractivity contribution in [3.05, 3.63) is 47.8 Å². The highest BCUT2D eigenvalue weighted by Crippen LogP contribution is 2.12. The maximum Gasteiger partial charge on any atom is 0.272 e. The number of rotatable bonds is 3. The highest BCUT2D eigenvalue weighted by atomic mass is 16.2. The number of nitrogens with zero attached hydrogens (tertiary/aromatic N) is 2. The van der Waals surface area contributed by atoms with Crippen molar-refractivity contribution in [2.24, 2.45) is 0 Å². The highest BCUT2D eigenvalue weighted by molar-refractivity contribution is 5.92.